The molecule has 2 rings (SSSR count). The molecule has 0 bridgehead atoms. The Morgan fingerprint density at radius 1 is 1.47 bits per heavy atom. The summed E-state index contributed by atoms with van der Waals surface area (Å²) in [5.74, 6) is 0. The van der Waals surface area contributed by atoms with Crippen molar-refractivity contribution >= 4 is 10.0 Å². The van der Waals surface area contributed by atoms with Crippen molar-refractivity contribution in [2.24, 2.45) is 0 Å². The molecular formula is C13H17N3O2S. The van der Waals surface area contributed by atoms with Crippen LogP contribution in [0.3, 0.4) is 0 Å². The van der Waals surface area contributed by atoms with Gasteiger partial charge in [-0.2, -0.15) is 9.57 Å². The van der Waals surface area contributed by atoms with Crippen molar-refractivity contribution in [1.82, 2.24) is 9.62 Å². The van der Waals surface area contributed by atoms with Crippen LogP contribution in [0.15, 0.2) is 23.1 Å². The van der Waals surface area contributed by atoms with Gasteiger partial charge in [-0.05, 0) is 37.6 Å². The molecular weight excluding hydrogens is 262 g/mol. The first kappa shape index (κ1) is 14.0. The minimum atomic E-state index is -3.47. The van der Waals surface area contributed by atoms with Crippen LogP contribution in [-0.2, 0) is 10.0 Å². The van der Waals surface area contributed by atoms with E-state index in [9.17, 15) is 8.42 Å². The number of aryl methyl sites for hydroxylation is 1. The summed E-state index contributed by atoms with van der Waals surface area (Å²) in [5, 5.41) is 12.0. The van der Waals surface area contributed by atoms with Crippen LogP contribution in [0.5, 0.6) is 0 Å². The third-order valence-corrected chi connectivity index (χ3v) is 5.28. The molecule has 0 radical (unpaired) electrons. The van der Waals surface area contributed by atoms with E-state index >= 15 is 0 Å². The number of hydrogen-bond donors (Lipinski definition) is 1. The molecule has 0 aliphatic carbocycles. The van der Waals surface area contributed by atoms with Crippen molar-refractivity contribution in [2.45, 2.75) is 24.8 Å². The van der Waals surface area contributed by atoms with Gasteiger partial charge in [-0.3, -0.25) is 0 Å². The van der Waals surface area contributed by atoms with Crippen LogP contribution in [0.1, 0.15) is 18.1 Å². The predicted molar refractivity (Wildman–Crippen MR) is 72.1 cm³/mol. The number of piperazine rings is 1. The Morgan fingerprint density at radius 3 is 2.79 bits per heavy atom. The molecule has 1 N–H and O–H groups in total. The Hall–Kier alpha value is -1.42. The SMILES string of the molecule is Cc1cc(C#N)ccc1S(=O)(=O)N1CCNC(C)C1. The Kier molecular flexibility index (Phi) is 3.90. The maximum Gasteiger partial charge on any atom is 0.243 e. The molecule has 0 saturated carbocycles. The molecule has 102 valence electrons. The zero-order chi connectivity index (χ0) is 14.0. The highest BCUT2D eigenvalue weighted by molar-refractivity contribution is 7.89. The highest BCUT2D eigenvalue weighted by atomic mass is 32.2. The lowest BCUT2D eigenvalue weighted by molar-refractivity contribution is 0.310. The second-order valence-electron chi connectivity index (χ2n) is 4.81. The van der Waals surface area contributed by atoms with Crippen molar-refractivity contribution in [2.75, 3.05) is 19.6 Å². The lowest BCUT2D eigenvalue weighted by Crippen LogP contribution is -2.51. The smallest absolute Gasteiger partial charge is 0.243 e. The number of nitrogens with one attached hydrogen (secondary N) is 1. The molecule has 1 aliphatic heterocycles. The predicted octanol–water partition coefficient (Wildman–Crippen LogP) is 0.849. The molecule has 1 atom stereocenters. The zero-order valence-electron chi connectivity index (χ0n) is 11.0. The molecule has 0 spiro atoms. The fraction of sp³-hybridized carbons (Fsp3) is 0.462. The summed E-state index contributed by atoms with van der Waals surface area (Å²) in [5.41, 5.74) is 1.09. The summed E-state index contributed by atoms with van der Waals surface area (Å²) < 4.78 is 26.6. The van der Waals surface area contributed by atoms with Crippen LogP contribution in [0.2, 0.25) is 0 Å². The largest absolute Gasteiger partial charge is 0.312 e. The first-order chi connectivity index (χ1) is 8.95. The average molecular weight is 279 g/mol. The molecule has 1 aliphatic rings. The quantitative estimate of drug-likeness (QED) is 0.871. The number of rotatable bonds is 2. The molecule has 0 amide bonds. The molecule has 1 heterocycles. The highest BCUT2D eigenvalue weighted by Gasteiger charge is 2.29. The van der Waals surface area contributed by atoms with Crippen LogP contribution in [0.4, 0.5) is 0 Å². The molecule has 0 aromatic heterocycles. The van der Waals surface area contributed by atoms with Crippen LogP contribution < -0.4 is 5.32 Å². The zero-order valence-corrected chi connectivity index (χ0v) is 11.9. The van der Waals surface area contributed by atoms with Gasteiger partial charge in [0.25, 0.3) is 0 Å². The monoisotopic (exact) mass is 279 g/mol. The van der Waals surface area contributed by atoms with E-state index in [4.69, 9.17) is 5.26 Å². The summed E-state index contributed by atoms with van der Waals surface area (Å²) >= 11 is 0. The number of nitrogens with zero attached hydrogens (tertiary/aromatic N) is 2. The molecule has 6 heteroatoms. The molecule has 1 fully saturated rings. The van der Waals surface area contributed by atoms with Gasteiger partial charge in [0.2, 0.25) is 10.0 Å². The van der Waals surface area contributed by atoms with Gasteiger partial charge in [0.1, 0.15) is 0 Å². The Morgan fingerprint density at radius 2 is 2.21 bits per heavy atom. The summed E-state index contributed by atoms with van der Waals surface area (Å²) in [4.78, 5) is 0.292. The van der Waals surface area contributed by atoms with Crippen molar-refractivity contribution < 1.29 is 8.42 Å². The van der Waals surface area contributed by atoms with Gasteiger partial charge in [0.15, 0.2) is 0 Å². The van der Waals surface area contributed by atoms with E-state index in [-0.39, 0.29) is 6.04 Å². The van der Waals surface area contributed by atoms with Crippen molar-refractivity contribution in [3.63, 3.8) is 0 Å². The van der Waals surface area contributed by atoms with Gasteiger partial charge < -0.3 is 5.32 Å². The van der Waals surface area contributed by atoms with E-state index in [1.165, 1.54) is 10.4 Å². The number of benzene rings is 1. The first-order valence-corrected chi connectivity index (χ1v) is 7.63. The van der Waals surface area contributed by atoms with Gasteiger partial charge >= 0.3 is 0 Å². The van der Waals surface area contributed by atoms with Crippen molar-refractivity contribution in [3.8, 4) is 6.07 Å². The van der Waals surface area contributed by atoms with E-state index in [1.807, 2.05) is 13.0 Å². The van der Waals surface area contributed by atoms with Crippen molar-refractivity contribution in [1.29, 1.82) is 5.26 Å². The second kappa shape index (κ2) is 5.29. The molecule has 1 unspecified atom stereocenters. The molecule has 5 nitrogen and oxygen atoms in total. The minimum Gasteiger partial charge on any atom is -0.312 e. The van der Waals surface area contributed by atoms with E-state index in [1.54, 1.807) is 19.1 Å². The Balaban J connectivity index is 2.37. The van der Waals surface area contributed by atoms with Gasteiger partial charge in [0, 0.05) is 25.7 Å². The van der Waals surface area contributed by atoms with Crippen LogP contribution in [0.25, 0.3) is 0 Å². The third-order valence-electron chi connectivity index (χ3n) is 3.25. The van der Waals surface area contributed by atoms with E-state index in [0.29, 0.717) is 35.7 Å². The molecule has 1 aromatic carbocycles. The molecule has 1 saturated heterocycles. The standard InChI is InChI=1S/C13H17N3O2S/c1-10-7-12(8-14)3-4-13(10)19(17,18)16-6-5-15-11(2)9-16/h3-4,7,11,15H,5-6,9H2,1-2H3. The summed E-state index contributed by atoms with van der Waals surface area (Å²) in [6.07, 6.45) is 0. The summed E-state index contributed by atoms with van der Waals surface area (Å²) in [7, 11) is -3.47. The van der Waals surface area contributed by atoms with E-state index < -0.39 is 10.0 Å². The topological polar surface area (TPSA) is 73.2 Å². The van der Waals surface area contributed by atoms with Gasteiger partial charge in [-0.1, -0.05) is 0 Å². The van der Waals surface area contributed by atoms with Crippen molar-refractivity contribution in [3.05, 3.63) is 29.3 Å². The normalized spacial score (nSPS) is 21.0. The minimum absolute atomic E-state index is 0.155. The second-order valence-corrected chi connectivity index (χ2v) is 6.72. The summed E-state index contributed by atoms with van der Waals surface area (Å²) in [6, 6.07) is 6.85. The fourth-order valence-corrected chi connectivity index (χ4v) is 4.00. The first-order valence-electron chi connectivity index (χ1n) is 6.19. The van der Waals surface area contributed by atoms with Crippen LogP contribution >= 0.6 is 0 Å². The fourth-order valence-electron chi connectivity index (χ4n) is 2.26. The van der Waals surface area contributed by atoms with E-state index in [2.05, 4.69) is 5.32 Å². The van der Waals surface area contributed by atoms with Gasteiger partial charge in [-0.15, -0.1) is 0 Å². The number of sulfonamides is 1. The number of nitriles is 1. The molecule has 1 aromatic rings. The van der Waals surface area contributed by atoms with Gasteiger partial charge in [-0.25, -0.2) is 8.42 Å². The molecule has 19 heavy (non-hydrogen) atoms. The van der Waals surface area contributed by atoms with Gasteiger partial charge in [0.05, 0.1) is 16.5 Å². The Bertz CT molecular complexity index is 619. The maximum atomic E-state index is 12.6. The average Bonchev–Trinajstić information content (AvgIpc) is 2.38. The maximum absolute atomic E-state index is 12.6. The van der Waals surface area contributed by atoms with Crippen LogP contribution in [0, 0.1) is 18.3 Å². The van der Waals surface area contributed by atoms with Crippen LogP contribution in [-0.4, -0.2) is 38.4 Å². The van der Waals surface area contributed by atoms with E-state index in [0.717, 1.165) is 0 Å². The Labute approximate surface area is 113 Å². The highest BCUT2D eigenvalue weighted by Crippen LogP contribution is 2.21. The third kappa shape index (κ3) is 2.78. The lowest BCUT2D eigenvalue weighted by Gasteiger charge is -2.31. The summed E-state index contributed by atoms with van der Waals surface area (Å²) in [6.45, 7) is 5.30. The number of hydrogen-bond acceptors (Lipinski definition) is 4. The lowest BCUT2D eigenvalue weighted by atomic mass is 10.2.